The largest absolute Gasteiger partial charge is 0.130 e. The van der Waals surface area contributed by atoms with Crippen LogP contribution in [0.5, 0.6) is 0 Å². The lowest BCUT2D eigenvalue weighted by molar-refractivity contribution is 0.897. The first-order valence-electron chi connectivity index (χ1n) is 3.64. The zero-order valence-corrected chi connectivity index (χ0v) is 8.48. The van der Waals surface area contributed by atoms with Gasteiger partial charge in [0.05, 0.1) is 0 Å². The van der Waals surface area contributed by atoms with Crippen LogP contribution < -0.4 is 0 Å². The molecule has 0 aromatic carbocycles. The first kappa shape index (κ1) is 10.4. The lowest BCUT2D eigenvalue weighted by Crippen LogP contribution is -1.78. The van der Waals surface area contributed by atoms with Crippen LogP contribution in [0.2, 0.25) is 0 Å². The summed E-state index contributed by atoms with van der Waals surface area (Å²) in [6.45, 7) is 6.21. The second-order valence-corrected chi connectivity index (χ2v) is 4.17. The van der Waals surface area contributed by atoms with Gasteiger partial charge in [-0.05, 0) is 30.9 Å². The van der Waals surface area contributed by atoms with E-state index >= 15 is 0 Å². The van der Waals surface area contributed by atoms with Crippen molar-refractivity contribution in [3.05, 3.63) is 9.94 Å². The highest BCUT2D eigenvalue weighted by molar-refractivity contribution is 8.03. The number of hydrogen-bond acceptors (Lipinski definition) is 1. The Morgan fingerprint density at radius 3 is 2.40 bits per heavy atom. The van der Waals surface area contributed by atoms with Crippen molar-refractivity contribution in [3.63, 3.8) is 0 Å². The predicted octanol–water partition coefficient (Wildman–Crippen LogP) is 4.01. The van der Waals surface area contributed by atoms with E-state index in [0.717, 1.165) is 5.03 Å². The fraction of sp³-hybridized carbons (Fsp3) is 0.750. The Bertz CT molecular complexity index is 114. The molecule has 0 bridgehead atoms. The molecule has 0 nitrogen and oxygen atoms in total. The number of halogens is 1. The molecule has 0 spiro atoms. The fourth-order valence-electron chi connectivity index (χ4n) is 0.469. The third-order valence-corrected chi connectivity index (χ3v) is 2.93. The number of rotatable bonds is 4. The maximum Gasteiger partial charge on any atom is 0.0242 e. The number of allylic oxidation sites excluding steroid dienone is 2. The van der Waals surface area contributed by atoms with Crippen LogP contribution in [-0.2, 0) is 0 Å². The summed E-state index contributed by atoms with van der Waals surface area (Å²) in [5, 5.41) is 0.932. The van der Waals surface area contributed by atoms with Crippen LogP contribution in [0.15, 0.2) is 9.94 Å². The molecule has 0 N–H and O–H groups in total. The lowest BCUT2D eigenvalue weighted by atomic mass is 10.4. The highest BCUT2D eigenvalue weighted by Crippen LogP contribution is 2.21. The summed E-state index contributed by atoms with van der Waals surface area (Å²) in [5.74, 6) is 1.20. The molecule has 0 unspecified atom stereocenters. The molecule has 0 aliphatic carbocycles. The summed E-state index contributed by atoms with van der Waals surface area (Å²) in [4.78, 5) is 1.26. The van der Waals surface area contributed by atoms with E-state index in [1.807, 2.05) is 18.7 Å². The van der Waals surface area contributed by atoms with Crippen molar-refractivity contribution in [1.29, 1.82) is 0 Å². The van der Waals surface area contributed by atoms with Gasteiger partial charge < -0.3 is 0 Å². The summed E-state index contributed by atoms with van der Waals surface area (Å²) < 4.78 is 0. The number of unbranched alkanes of at least 4 members (excludes halogenated alkanes) is 1. The quantitative estimate of drug-likeness (QED) is 0.587. The molecule has 0 aromatic heterocycles. The zero-order chi connectivity index (χ0) is 7.98. The molecule has 0 rings (SSSR count). The average Bonchev–Trinajstić information content (AvgIpc) is 1.88. The minimum absolute atomic E-state index is 0.932. The second-order valence-electron chi connectivity index (χ2n) is 2.29. The molecule has 0 heterocycles. The molecule has 0 aliphatic rings. The van der Waals surface area contributed by atoms with Gasteiger partial charge in [0.25, 0.3) is 0 Å². The molecule has 0 saturated heterocycles. The molecule has 0 aromatic rings. The number of thioether (sulfide) groups is 1. The average molecular weight is 179 g/mol. The van der Waals surface area contributed by atoms with E-state index in [1.165, 1.54) is 23.5 Å². The van der Waals surface area contributed by atoms with Crippen LogP contribution in [0.1, 0.15) is 33.6 Å². The first-order chi connectivity index (χ1) is 4.68. The Balaban J connectivity index is 3.40. The minimum Gasteiger partial charge on any atom is -0.130 e. The van der Waals surface area contributed by atoms with E-state index < -0.39 is 0 Å². The molecule has 10 heavy (non-hydrogen) atoms. The van der Waals surface area contributed by atoms with Crippen molar-refractivity contribution in [1.82, 2.24) is 0 Å². The SMILES string of the molecule is CCCCS/C(C)=C(\C)Cl. The summed E-state index contributed by atoms with van der Waals surface area (Å²) in [5.41, 5.74) is 0. The van der Waals surface area contributed by atoms with Crippen LogP contribution in [0.25, 0.3) is 0 Å². The maximum atomic E-state index is 5.77. The topological polar surface area (TPSA) is 0 Å². The lowest BCUT2D eigenvalue weighted by Gasteiger charge is -1.99. The normalized spacial score (nSPS) is 13.2. The third-order valence-electron chi connectivity index (χ3n) is 1.30. The van der Waals surface area contributed by atoms with Crippen LogP contribution in [0, 0.1) is 0 Å². The van der Waals surface area contributed by atoms with E-state index in [-0.39, 0.29) is 0 Å². The summed E-state index contributed by atoms with van der Waals surface area (Å²) >= 11 is 7.62. The van der Waals surface area contributed by atoms with Gasteiger partial charge >= 0.3 is 0 Å². The van der Waals surface area contributed by atoms with E-state index in [0.29, 0.717) is 0 Å². The Labute approximate surface area is 73.0 Å². The van der Waals surface area contributed by atoms with E-state index in [4.69, 9.17) is 11.6 Å². The first-order valence-corrected chi connectivity index (χ1v) is 5.00. The Hall–Kier alpha value is 0.380. The van der Waals surface area contributed by atoms with Crippen molar-refractivity contribution in [2.75, 3.05) is 5.75 Å². The van der Waals surface area contributed by atoms with E-state index in [2.05, 4.69) is 13.8 Å². The fourth-order valence-corrected chi connectivity index (χ4v) is 1.57. The van der Waals surface area contributed by atoms with Crippen LogP contribution in [-0.4, -0.2) is 5.75 Å². The summed E-state index contributed by atoms with van der Waals surface area (Å²) in [6, 6.07) is 0. The highest BCUT2D eigenvalue weighted by Gasteiger charge is 1.93. The van der Waals surface area contributed by atoms with Crippen LogP contribution >= 0.6 is 23.4 Å². The monoisotopic (exact) mass is 178 g/mol. The van der Waals surface area contributed by atoms with Gasteiger partial charge in [-0.25, -0.2) is 0 Å². The Kier molecular flexibility index (Phi) is 6.35. The molecule has 0 saturated carbocycles. The van der Waals surface area contributed by atoms with Gasteiger partial charge in [-0.15, -0.1) is 11.8 Å². The minimum atomic E-state index is 0.932. The van der Waals surface area contributed by atoms with Gasteiger partial charge in [-0.3, -0.25) is 0 Å². The molecular formula is C8H15ClS. The molecule has 0 aliphatic heterocycles. The van der Waals surface area contributed by atoms with Crippen LogP contribution in [0.3, 0.4) is 0 Å². The standard InChI is InChI=1S/C8H15ClS/c1-4-5-6-10-8(3)7(2)9/h4-6H2,1-3H3/b8-7+. The van der Waals surface area contributed by atoms with Crippen molar-refractivity contribution in [3.8, 4) is 0 Å². The van der Waals surface area contributed by atoms with E-state index in [9.17, 15) is 0 Å². The zero-order valence-electron chi connectivity index (χ0n) is 6.91. The predicted molar refractivity (Wildman–Crippen MR) is 51.6 cm³/mol. The molecule has 60 valence electrons. The summed E-state index contributed by atoms with van der Waals surface area (Å²) in [7, 11) is 0. The molecular weight excluding hydrogens is 164 g/mol. The van der Waals surface area contributed by atoms with Gasteiger partial charge in [-0.2, -0.15) is 0 Å². The molecule has 0 amide bonds. The van der Waals surface area contributed by atoms with Gasteiger partial charge in [-0.1, -0.05) is 24.9 Å². The van der Waals surface area contributed by atoms with E-state index in [1.54, 1.807) is 0 Å². The third kappa shape index (κ3) is 5.19. The van der Waals surface area contributed by atoms with Gasteiger partial charge in [0, 0.05) is 5.03 Å². The maximum absolute atomic E-state index is 5.77. The smallest absolute Gasteiger partial charge is 0.0242 e. The van der Waals surface area contributed by atoms with Crippen molar-refractivity contribution in [2.45, 2.75) is 33.6 Å². The molecule has 0 atom stereocenters. The Morgan fingerprint density at radius 1 is 1.40 bits per heavy atom. The highest BCUT2D eigenvalue weighted by atomic mass is 35.5. The molecule has 0 fully saturated rings. The Morgan fingerprint density at radius 2 is 2.00 bits per heavy atom. The second kappa shape index (κ2) is 6.11. The van der Waals surface area contributed by atoms with Gasteiger partial charge in [0.15, 0.2) is 0 Å². The number of hydrogen-bond donors (Lipinski definition) is 0. The van der Waals surface area contributed by atoms with Crippen LogP contribution in [0.4, 0.5) is 0 Å². The van der Waals surface area contributed by atoms with Crippen molar-refractivity contribution in [2.24, 2.45) is 0 Å². The molecule has 0 radical (unpaired) electrons. The molecule has 2 heteroatoms. The van der Waals surface area contributed by atoms with Gasteiger partial charge in [0.2, 0.25) is 0 Å². The van der Waals surface area contributed by atoms with Crippen molar-refractivity contribution < 1.29 is 0 Å². The van der Waals surface area contributed by atoms with Crippen molar-refractivity contribution >= 4 is 23.4 Å². The summed E-state index contributed by atoms with van der Waals surface area (Å²) in [6.07, 6.45) is 2.55. The van der Waals surface area contributed by atoms with Gasteiger partial charge in [0.1, 0.15) is 0 Å².